The molecule has 0 spiro atoms. The highest BCUT2D eigenvalue weighted by molar-refractivity contribution is 7.13. The number of nitrogens with zero attached hydrogens (tertiary/aromatic N) is 2. The standard InChI is InChI=1S/C14H14N2O2S/c1-9-8-19-14(15-9)16-6-10-4-2-3-5-11(10)12(7-16)13(17)18/h2-5,8,12H,6-7H2,1H3,(H,17,18). The van der Waals surface area contributed by atoms with Gasteiger partial charge in [-0.2, -0.15) is 0 Å². The van der Waals surface area contributed by atoms with E-state index >= 15 is 0 Å². The second kappa shape index (κ2) is 4.66. The van der Waals surface area contributed by atoms with Crippen LogP contribution in [0.3, 0.4) is 0 Å². The molecule has 2 heterocycles. The summed E-state index contributed by atoms with van der Waals surface area (Å²) < 4.78 is 0. The molecule has 4 nitrogen and oxygen atoms in total. The lowest BCUT2D eigenvalue weighted by Crippen LogP contribution is -2.36. The third kappa shape index (κ3) is 2.21. The quantitative estimate of drug-likeness (QED) is 0.914. The molecule has 1 aliphatic heterocycles. The van der Waals surface area contributed by atoms with Gasteiger partial charge < -0.3 is 10.0 Å². The first-order valence-corrected chi connectivity index (χ1v) is 7.01. The molecule has 0 saturated heterocycles. The van der Waals surface area contributed by atoms with Gasteiger partial charge in [0.25, 0.3) is 0 Å². The average Bonchev–Trinajstić information content (AvgIpc) is 2.84. The van der Waals surface area contributed by atoms with Crippen molar-refractivity contribution in [3.63, 3.8) is 0 Å². The van der Waals surface area contributed by atoms with E-state index in [1.807, 2.05) is 36.6 Å². The predicted octanol–water partition coefficient (Wildman–Crippen LogP) is 2.64. The first-order chi connectivity index (χ1) is 9.15. The van der Waals surface area contributed by atoms with Crippen LogP contribution in [0.5, 0.6) is 0 Å². The first-order valence-electron chi connectivity index (χ1n) is 6.13. The van der Waals surface area contributed by atoms with Crippen molar-refractivity contribution in [1.82, 2.24) is 4.98 Å². The van der Waals surface area contributed by atoms with Gasteiger partial charge in [0, 0.05) is 18.5 Å². The van der Waals surface area contributed by atoms with E-state index < -0.39 is 11.9 Å². The fourth-order valence-electron chi connectivity index (χ4n) is 2.45. The summed E-state index contributed by atoms with van der Waals surface area (Å²) >= 11 is 1.57. The molecule has 0 bridgehead atoms. The van der Waals surface area contributed by atoms with Gasteiger partial charge in [0.15, 0.2) is 5.13 Å². The Morgan fingerprint density at radius 3 is 2.95 bits per heavy atom. The number of anilines is 1. The van der Waals surface area contributed by atoms with Crippen molar-refractivity contribution in [3.8, 4) is 0 Å². The summed E-state index contributed by atoms with van der Waals surface area (Å²) in [5.41, 5.74) is 2.99. The first kappa shape index (κ1) is 12.2. The van der Waals surface area contributed by atoms with Crippen LogP contribution in [0.25, 0.3) is 0 Å². The smallest absolute Gasteiger partial charge is 0.312 e. The van der Waals surface area contributed by atoms with Crippen LogP contribution in [-0.2, 0) is 11.3 Å². The van der Waals surface area contributed by atoms with Gasteiger partial charge in [-0.3, -0.25) is 4.79 Å². The van der Waals surface area contributed by atoms with Crippen molar-refractivity contribution in [3.05, 3.63) is 46.5 Å². The molecule has 0 saturated carbocycles. The fourth-order valence-corrected chi connectivity index (χ4v) is 3.26. The molecule has 0 amide bonds. The number of rotatable bonds is 2. The number of hydrogen-bond donors (Lipinski definition) is 1. The molecule has 3 rings (SSSR count). The Morgan fingerprint density at radius 2 is 2.26 bits per heavy atom. The van der Waals surface area contributed by atoms with E-state index in [-0.39, 0.29) is 0 Å². The zero-order valence-corrected chi connectivity index (χ0v) is 11.4. The molecular weight excluding hydrogens is 260 g/mol. The Bertz CT molecular complexity index is 623. The van der Waals surface area contributed by atoms with Gasteiger partial charge in [-0.1, -0.05) is 24.3 Å². The summed E-state index contributed by atoms with van der Waals surface area (Å²) in [6, 6.07) is 7.77. The zero-order chi connectivity index (χ0) is 13.4. The maximum atomic E-state index is 11.5. The molecule has 1 N–H and O–H groups in total. The lowest BCUT2D eigenvalue weighted by Gasteiger charge is -2.32. The summed E-state index contributed by atoms with van der Waals surface area (Å²) in [5, 5.41) is 12.3. The lowest BCUT2D eigenvalue weighted by atomic mass is 9.90. The Kier molecular flexibility index (Phi) is 2.98. The average molecular weight is 274 g/mol. The maximum absolute atomic E-state index is 11.5. The van der Waals surface area contributed by atoms with Crippen molar-refractivity contribution in [1.29, 1.82) is 0 Å². The highest BCUT2D eigenvalue weighted by atomic mass is 32.1. The third-order valence-corrected chi connectivity index (χ3v) is 4.39. The van der Waals surface area contributed by atoms with Gasteiger partial charge in [0.05, 0.1) is 11.6 Å². The van der Waals surface area contributed by atoms with Gasteiger partial charge in [-0.25, -0.2) is 4.98 Å². The zero-order valence-electron chi connectivity index (χ0n) is 10.5. The molecule has 0 aliphatic carbocycles. The van der Waals surface area contributed by atoms with Crippen LogP contribution in [0.4, 0.5) is 5.13 Å². The molecule has 1 aromatic carbocycles. The number of hydrogen-bond acceptors (Lipinski definition) is 4. The van der Waals surface area contributed by atoms with Gasteiger partial charge in [0.2, 0.25) is 0 Å². The number of aromatic nitrogens is 1. The maximum Gasteiger partial charge on any atom is 0.312 e. The van der Waals surface area contributed by atoms with E-state index in [1.165, 1.54) is 0 Å². The van der Waals surface area contributed by atoms with E-state index in [0.717, 1.165) is 28.5 Å². The van der Waals surface area contributed by atoms with Crippen LogP contribution < -0.4 is 4.90 Å². The molecule has 1 unspecified atom stereocenters. The Balaban J connectivity index is 1.99. The van der Waals surface area contributed by atoms with Crippen LogP contribution in [-0.4, -0.2) is 22.6 Å². The molecule has 98 valence electrons. The van der Waals surface area contributed by atoms with E-state index in [1.54, 1.807) is 11.3 Å². The van der Waals surface area contributed by atoms with Crippen LogP contribution in [0.2, 0.25) is 0 Å². The van der Waals surface area contributed by atoms with Crippen LogP contribution in [0.1, 0.15) is 22.7 Å². The van der Waals surface area contributed by atoms with E-state index in [2.05, 4.69) is 9.88 Å². The highest BCUT2D eigenvalue weighted by Crippen LogP contribution is 2.32. The molecule has 1 aliphatic rings. The van der Waals surface area contributed by atoms with Gasteiger partial charge in [0.1, 0.15) is 0 Å². The fraction of sp³-hybridized carbons (Fsp3) is 0.286. The van der Waals surface area contributed by atoms with E-state index in [9.17, 15) is 9.90 Å². The number of benzene rings is 1. The minimum absolute atomic E-state index is 0.478. The Morgan fingerprint density at radius 1 is 1.47 bits per heavy atom. The summed E-state index contributed by atoms with van der Waals surface area (Å²) in [4.78, 5) is 18.0. The molecule has 1 aromatic heterocycles. The number of thiazole rings is 1. The largest absolute Gasteiger partial charge is 0.481 e. The minimum atomic E-state index is -0.773. The number of carbonyl (C=O) groups is 1. The SMILES string of the molecule is Cc1csc(N2Cc3ccccc3C(C(=O)O)C2)n1. The molecular formula is C14H14N2O2S. The molecule has 0 fully saturated rings. The van der Waals surface area contributed by atoms with Gasteiger partial charge >= 0.3 is 5.97 Å². The summed E-state index contributed by atoms with van der Waals surface area (Å²) in [5.74, 6) is -1.25. The topological polar surface area (TPSA) is 53.4 Å². The van der Waals surface area contributed by atoms with Crippen molar-refractivity contribution in [2.75, 3.05) is 11.4 Å². The summed E-state index contributed by atoms with van der Waals surface area (Å²) in [6.07, 6.45) is 0. The van der Waals surface area contributed by atoms with Crippen LogP contribution in [0, 0.1) is 6.92 Å². The summed E-state index contributed by atoms with van der Waals surface area (Å²) in [6.45, 7) is 3.17. The van der Waals surface area contributed by atoms with Crippen molar-refractivity contribution >= 4 is 22.4 Å². The normalized spacial score (nSPS) is 18.2. The monoisotopic (exact) mass is 274 g/mol. The Hall–Kier alpha value is -1.88. The lowest BCUT2D eigenvalue weighted by molar-refractivity contribution is -0.138. The second-order valence-corrected chi connectivity index (χ2v) is 5.58. The number of carboxylic acid groups (broad SMARTS) is 1. The molecule has 19 heavy (non-hydrogen) atoms. The van der Waals surface area contributed by atoms with E-state index in [4.69, 9.17) is 0 Å². The molecule has 1 atom stereocenters. The van der Waals surface area contributed by atoms with Gasteiger partial charge in [-0.05, 0) is 18.1 Å². The van der Waals surface area contributed by atoms with Crippen molar-refractivity contribution < 1.29 is 9.90 Å². The Labute approximate surface area is 115 Å². The second-order valence-electron chi connectivity index (χ2n) is 4.74. The minimum Gasteiger partial charge on any atom is -0.481 e. The molecule has 2 aromatic rings. The molecule has 0 radical (unpaired) electrons. The van der Waals surface area contributed by atoms with Crippen molar-refractivity contribution in [2.24, 2.45) is 0 Å². The van der Waals surface area contributed by atoms with Crippen LogP contribution >= 0.6 is 11.3 Å². The van der Waals surface area contributed by atoms with Gasteiger partial charge in [-0.15, -0.1) is 11.3 Å². The van der Waals surface area contributed by atoms with Crippen LogP contribution in [0.15, 0.2) is 29.6 Å². The number of aliphatic carboxylic acids is 1. The predicted molar refractivity (Wildman–Crippen MR) is 74.7 cm³/mol. The number of carboxylic acids is 1. The number of aryl methyl sites for hydroxylation is 1. The molecule has 5 heteroatoms. The summed E-state index contributed by atoms with van der Waals surface area (Å²) in [7, 11) is 0. The third-order valence-electron chi connectivity index (χ3n) is 3.37. The van der Waals surface area contributed by atoms with E-state index in [0.29, 0.717) is 6.54 Å². The highest BCUT2D eigenvalue weighted by Gasteiger charge is 2.31. The number of fused-ring (bicyclic) bond motifs is 1. The van der Waals surface area contributed by atoms with Crippen molar-refractivity contribution in [2.45, 2.75) is 19.4 Å².